The first-order valence-electron chi connectivity index (χ1n) is 15.1. The van der Waals surface area contributed by atoms with Gasteiger partial charge in [0.15, 0.2) is 0 Å². The van der Waals surface area contributed by atoms with E-state index < -0.39 is 10.0 Å². The van der Waals surface area contributed by atoms with E-state index in [0.717, 1.165) is 41.8 Å². The summed E-state index contributed by atoms with van der Waals surface area (Å²) in [4.78, 5) is 13.4. The highest BCUT2D eigenvalue weighted by atomic mass is 32.2. The van der Waals surface area contributed by atoms with Crippen molar-refractivity contribution in [2.75, 3.05) is 23.7 Å². The van der Waals surface area contributed by atoms with Gasteiger partial charge in [-0.05, 0) is 74.1 Å². The van der Waals surface area contributed by atoms with Crippen LogP contribution in [0.4, 0.5) is 16.3 Å². The molecule has 4 heterocycles. The van der Waals surface area contributed by atoms with Gasteiger partial charge in [0.2, 0.25) is 10.0 Å². The number of allylic oxidation sites excluding steroid dienone is 2. The van der Waals surface area contributed by atoms with Crippen molar-refractivity contribution in [2.45, 2.75) is 52.4 Å². The Morgan fingerprint density at radius 1 is 1.04 bits per heavy atom. The first-order chi connectivity index (χ1) is 21.5. The third kappa shape index (κ3) is 6.82. The van der Waals surface area contributed by atoms with Gasteiger partial charge in [-0.25, -0.2) is 17.9 Å². The van der Waals surface area contributed by atoms with Crippen LogP contribution in [0, 0.1) is 12.8 Å². The second-order valence-corrected chi connectivity index (χ2v) is 15.4. The van der Waals surface area contributed by atoms with Crippen molar-refractivity contribution >= 4 is 39.7 Å². The Morgan fingerprint density at radius 2 is 1.76 bits per heavy atom. The van der Waals surface area contributed by atoms with Gasteiger partial charge < -0.3 is 10.0 Å². The van der Waals surface area contributed by atoms with Crippen LogP contribution in [0.15, 0.2) is 89.8 Å². The largest absolute Gasteiger partial charge is 0.324 e. The molecule has 0 radical (unpaired) electrons. The molecule has 3 aliphatic rings. The van der Waals surface area contributed by atoms with Gasteiger partial charge in [-0.1, -0.05) is 50.6 Å². The van der Waals surface area contributed by atoms with E-state index >= 15 is 0 Å². The molecule has 45 heavy (non-hydrogen) atoms. The third-order valence-corrected chi connectivity index (χ3v) is 10.9. The number of hydrogen-bond donors (Lipinski definition) is 3. The van der Waals surface area contributed by atoms with E-state index in [-0.39, 0.29) is 11.4 Å². The summed E-state index contributed by atoms with van der Waals surface area (Å²) < 4.78 is 35.0. The average molecular weight is 646 g/mol. The maximum absolute atomic E-state index is 13.4. The smallest absolute Gasteiger partial charge is 0.316 e. The molecule has 3 N–H and O–H groups in total. The van der Waals surface area contributed by atoms with Gasteiger partial charge in [-0.15, -0.1) is 0 Å². The van der Waals surface area contributed by atoms with Crippen molar-refractivity contribution < 1.29 is 13.2 Å². The topological polar surface area (TPSA) is 112 Å². The predicted molar refractivity (Wildman–Crippen MR) is 181 cm³/mol. The van der Waals surface area contributed by atoms with Gasteiger partial charge in [-0.3, -0.25) is 9.62 Å². The standard InChI is InChI=1S/C33H39N7O3S2/c1-23-7-13-27(14-8-23)40-31(21-30(37-40)33(2,3)4)36-32(41)35-26-11-9-24(10-12-26)20-25-15-18-38(19-16-25)45(42,43)29-6-5-17-39-28(29)22-34-44-39/h5-14,17,21-22,25,34H,15-16,18-20H2,1-4H3,(H2,35,36,41). The molecular formula is C33H39N7O3S2. The highest BCUT2D eigenvalue weighted by Gasteiger charge is 2.36. The normalized spacial score (nSPS) is 17.4. The zero-order valence-corrected chi connectivity index (χ0v) is 27.6. The van der Waals surface area contributed by atoms with Crippen LogP contribution in [0.3, 0.4) is 0 Å². The van der Waals surface area contributed by atoms with Crippen LogP contribution in [0.1, 0.15) is 50.4 Å². The average Bonchev–Trinajstić information content (AvgIpc) is 3.66. The SMILES string of the molecule is Cc1ccc(-n2nc(C(C)(C)C)cc2NC(=O)Nc2ccc(CC3CCN(S(=O)(=O)C4=CC=CN5SNC=C45)CC3)cc2)cc1. The number of sulfonamides is 1. The summed E-state index contributed by atoms with van der Waals surface area (Å²) in [5.41, 5.74) is 5.23. The molecule has 0 aliphatic carbocycles. The van der Waals surface area contributed by atoms with E-state index in [1.54, 1.807) is 27.3 Å². The Balaban J connectivity index is 1.04. The number of urea groups is 1. The second-order valence-electron chi connectivity index (χ2n) is 12.7. The minimum absolute atomic E-state index is 0.180. The minimum Gasteiger partial charge on any atom is -0.316 e. The van der Waals surface area contributed by atoms with E-state index in [2.05, 4.69) is 36.1 Å². The molecule has 0 atom stereocenters. The zero-order valence-electron chi connectivity index (χ0n) is 25.9. The molecule has 6 rings (SSSR count). The van der Waals surface area contributed by atoms with Gasteiger partial charge in [0.1, 0.15) is 10.7 Å². The van der Waals surface area contributed by atoms with E-state index in [1.807, 2.05) is 72.0 Å². The second kappa shape index (κ2) is 12.4. The molecule has 236 valence electrons. The minimum atomic E-state index is -3.57. The van der Waals surface area contributed by atoms with Crippen LogP contribution in [0.5, 0.6) is 0 Å². The summed E-state index contributed by atoms with van der Waals surface area (Å²) >= 11 is 1.35. The van der Waals surface area contributed by atoms with Crippen LogP contribution in [-0.4, -0.2) is 45.9 Å². The number of carbonyl (C=O) groups excluding carboxylic acids is 1. The fourth-order valence-electron chi connectivity index (χ4n) is 5.60. The first kappa shape index (κ1) is 31.0. The lowest BCUT2D eigenvalue weighted by atomic mass is 9.91. The van der Waals surface area contributed by atoms with Crippen molar-refractivity contribution in [1.29, 1.82) is 0 Å². The number of piperidine rings is 1. The van der Waals surface area contributed by atoms with E-state index in [9.17, 15) is 13.2 Å². The number of aryl methyl sites for hydroxylation is 1. The van der Waals surface area contributed by atoms with Crippen LogP contribution in [0.2, 0.25) is 0 Å². The molecular weight excluding hydrogens is 607 g/mol. The maximum Gasteiger partial charge on any atom is 0.324 e. The highest BCUT2D eigenvalue weighted by molar-refractivity contribution is 7.96. The summed E-state index contributed by atoms with van der Waals surface area (Å²) in [6.07, 6.45) is 9.47. The highest BCUT2D eigenvalue weighted by Crippen LogP contribution is 2.36. The number of fused-ring (bicyclic) bond motifs is 1. The van der Waals surface area contributed by atoms with Crippen molar-refractivity contribution in [3.05, 3.63) is 107 Å². The molecule has 0 spiro atoms. The van der Waals surface area contributed by atoms with E-state index in [4.69, 9.17) is 5.10 Å². The number of carbonyl (C=O) groups is 1. The Bertz CT molecular complexity index is 1760. The molecule has 3 aliphatic heterocycles. The lowest BCUT2D eigenvalue weighted by molar-refractivity contribution is 0.262. The van der Waals surface area contributed by atoms with Crippen LogP contribution >= 0.6 is 12.1 Å². The van der Waals surface area contributed by atoms with Crippen molar-refractivity contribution in [2.24, 2.45) is 5.92 Å². The number of nitrogens with one attached hydrogen (secondary N) is 3. The maximum atomic E-state index is 13.4. The van der Waals surface area contributed by atoms with Gasteiger partial charge in [-0.2, -0.15) is 9.40 Å². The Morgan fingerprint density at radius 3 is 2.44 bits per heavy atom. The van der Waals surface area contributed by atoms with Gasteiger partial charge in [0.25, 0.3) is 0 Å². The number of nitrogens with zero attached hydrogens (tertiary/aromatic N) is 4. The first-order valence-corrected chi connectivity index (χ1v) is 17.3. The molecule has 0 saturated carbocycles. The monoisotopic (exact) mass is 645 g/mol. The lowest BCUT2D eigenvalue weighted by Crippen LogP contribution is -2.40. The summed E-state index contributed by atoms with van der Waals surface area (Å²) in [7, 11) is -3.57. The van der Waals surface area contributed by atoms with E-state index in [0.29, 0.717) is 41.1 Å². The Labute approximate surface area is 269 Å². The number of amides is 2. The summed E-state index contributed by atoms with van der Waals surface area (Å²) in [6, 6.07) is 17.5. The van der Waals surface area contributed by atoms with Gasteiger partial charge in [0, 0.05) is 42.7 Å². The van der Waals surface area contributed by atoms with Gasteiger partial charge in [0.05, 0.1) is 29.2 Å². The Kier molecular flexibility index (Phi) is 8.55. The number of aromatic nitrogens is 2. The quantitative estimate of drug-likeness (QED) is 0.254. The number of rotatable bonds is 7. The number of benzene rings is 2. The molecule has 10 nitrogen and oxygen atoms in total. The van der Waals surface area contributed by atoms with Crippen molar-refractivity contribution in [1.82, 2.24) is 23.1 Å². The molecule has 1 saturated heterocycles. The molecule has 0 unspecified atom stereocenters. The zero-order chi connectivity index (χ0) is 31.8. The van der Waals surface area contributed by atoms with Gasteiger partial charge >= 0.3 is 6.03 Å². The molecule has 3 aromatic rings. The summed E-state index contributed by atoms with van der Waals surface area (Å²) in [6.45, 7) is 9.31. The number of anilines is 2. The molecule has 1 aromatic heterocycles. The predicted octanol–water partition coefficient (Wildman–Crippen LogP) is 6.43. The molecule has 12 heteroatoms. The van der Waals surface area contributed by atoms with Crippen molar-refractivity contribution in [3.8, 4) is 5.69 Å². The third-order valence-electron chi connectivity index (χ3n) is 8.23. The molecule has 0 bridgehead atoms. The molecule has 2 amide bonds. The number of hydrogen-bond acceptors (Lipinski definition) is 7. The van der Waals surface area contributed by atoms with E-state index in [1.165, 1.54) is 12.1 Å². The molecule has 1 fully saturated rings. The Hall–Kier alpha value is -4.00. The van der Waals surface area contributed by atoms with Crippen LogP contribution in [-0.2, 0) is 21.9 Å². The lowest BCUT2D eigenvalue weighted by Gasteiger charge is -2.33. The molecule has 2 aromatic carbocycles. The fraction of sp³-hybridized carbons (Fsp3) is 0.333. The van der Waals surface area contributed by atoms with Crippen molar-refractivity contribution in [3.63, 3.8) is 0 Å². The fourth-order valence-corrected chi connectivity index (χ4v) is 7.96. The van der Waals surface area contributed by atoms with Crippen LogP contribution in [0.25, 0.3) is 5.69 Å². The van der Waals surface area contributed by atoms with Crippen LogP contribution < -0.4 is 15.4 Å². The summed E-state index contributed by atoms with van der Waals surface area (Å²) in [5.74, 6) is 0.979. The summed E-state index contributed by atoms with van der Waals surface area (Å²) in [5, 5.41) is 10.7.